The van der Waals surface area contributed by atoms with Gasteiger partial charge in [0.05, 0.1) is 5.69 Å². The largest absolute Gasteiger partial charge is 0.372 e. The van der Waals surface area contributed by atoms with Gasteiger partial charge in [0, 0.05) is 13.0 Å². The fourth-order valence-corrected chi connectivity index (χ4v) is 2.13. The summed E-state index contributed by atoms with van der Waals surface area (Å²) in [5.41, 5.74) is 2.68. The molecule has 0 amide bonds. The number of hydrogen-bond donors (Lipinski definition) is 1. The van der Waals surface area contributed by atoms with Crippen molar-refractivity contribution >= 4 is 5.82 Å². The van der Waals surface area contributed by atoms with Crippen LogP contribution in [0.25, 0.3) is 0 Å². The lowest BCUT2D eigenvalue weighted by Crippen LogP contribution is -1.99. The highest BCUT2D eigenvalue weighted by molar-refractivity contribution is 5.43. The summed E-state index contributed by atoms with van der Waals surface area (Å²) in [6.45, 7) is 0. The molecular formula is C9H11N3. The maximum atomic E-state index is 4.24. The molecule has 1 fully saturated rings. The van der Waals surface area contributed by atoms with Crippen molar-refractivity contribution in [2.24, 2.45) is 5.92 Å². The van der Waals surface area contributed by atoms with Crippen molar-refractivity contribution < 1.29 is 0 Å². The van der Waals surface area contributed by atoms with Gasteiger partial charge in [0.1, 0.15) is 5.82 Å². The average molecular weight is 161 g/mol. The second-order valence-corrected chi connectivity index (χ2v) is 3.70. The molecule has 1 aromatic heterocycles. The highest BCUT2D eigenvalue weighted by Crippen LogP contribution is 2.55. The Morgan fingerprint density at radius 3 is 3.25 bits per heavy atom. The van der Waals surface area contributed by atoms with E-state index in [4.69, 9.17) is 0 Å². The van der Waals surface area contributed by atoms with Crippen LogP contribution in [0.5, 0.6) is 0 Å². The van der Waals surface area contributed by atoms with Crippen LogP contribution in [0.3, 0.4) is 0 Å². The minimum absolute atomic E-state index is 0.762. The topological polar surface area (TPSA) is 37.8 Å². The van der Waals surface area contributed by atoms with Crippen molar-refractivity contribution in [3.05, 3.63) is 17.3 Å². The number of rotatable bonds is 1. The van der Waals surface area contributed by atoms with Crippen LogP contribution in [0, 0.1) is 5.92 Å². The van der Waals surface area contributed by atoms with E-state index >= 15 is 0 Å². The normalized spacial score (nSPS) is 29.4. The molecule has 0 radical (unpaired) electrons. The van der Waals surface area contributed by atoms with E-state index in [0.29, 0.717) is 0 Å². The third-order valence-corrected chi connectivity index (χ3v) is 2.92. The van der Waals surface area contributed by atoms with Crippen molar-refractivity contribution in [1.29, 1.82) is 0 Å². The summed E-state index contributed by atoms with van der Waals surface area (Å²) < 4.78 is 0. The van der Waals surface area contributed by atoms with Crippen LogP contribution in [0.2, 0.25) is 0 Å². The van der Waals surface area contributed by atoms with E-state index in [0.717, 1.165) is 17.7 Å². The molecule has 12 heavy (non-hydrogen) atoms. The Morgan fingerprint density at radius 1 is 1.50 bits per heavy atom. The van der Waals surface area contributed by atoms with Crippen molar-refractivity contribution in [2.45, 2.75) is 18.8 Å². The van der Waals surface area contributed by atoms with Crippen molar-refractivity contribution in [2.75, 3.05) is 12.4 Å². The van der Waals surface area contributed by atoms with E-state index in [9.17, 15) is 0 Å². The number of anilines is 1. The molecule has 2 unspecified atom stereocenters. The molecule has 62 valence electrons. The predicted octanol–water partition coefficient (Wildman–Crippen LogP) is 1.18. The molecule has 3 nitrogen and oxygen atoms in total. The van der Waals surface area contributed by atoms with Gasteiger partial charge in [0.15, 0.2) is 0 Å². The van der Waals surface area contributed by atoms with Crippen LogP contribution in [0.1, 0.15) is 23.6 Å². The van der Waals surface area contributed by atoms with Gasteiger partial charge >= 0.3 is 0 Å². The highest BCUT2D eigenvalue weighted by atomic mass is 15.2. The molecule has 2 atom stereocenters. The monoisotopic (exact) mass is 161 g/mol. The Balaban J connectivity index is 2.08. The predicted molar refractivity (Wildman–Crippen MR) is 46.1 cm³/mol. The molecule has 1 heterocycles. The van der Waals surface area contributed by atoms with Crippen LogP contribution in [0.4, 0.5) is 5.82 Å². The molecular weight excluding hydrogens is 150 g/mol. The van der Waals surface area contributed by atoms with E-state index in [2.05, 4.69) is 21.6 Å². The number of fused-ring (bicyclic) bond motifs is 3. The van der Waals surface area contributed by atoms with Crippen LogP contribution >= 0.6 is 0 Å². The molecule has 2 aliphatic carbocycles. The molecule has 0 bridgehead atoms. The van der Waals surface area contributed by atoms with Crippen molar-refractivity contribution in [3.8, 4) is 0 Å². The van der Waals surface area contributed by atoms with Gasteiger partial charge in [0.25, 0.3) is 0 Å². The van der Waals surface area contributed by atoms with Gasteiger partial charge in [-0.1, -0.05) is 0 Å². The molecule has 3 heteroatoms. The Bertz CT molecular complexity index is 335. The van der Waals surface area contributed by atoms with Crippen LogP contribution in [-0.4, -0.2) is 17.2 Å². The summed E-state index contributed by atoms with van der Waals surface area (Å²) in [5.74, 6) is 2.56. The second-order valence-electron chi connectivity index (χ2n) is 3.70. The molecule has 0 aliphatic heterocycles. The fraction of sp³-hybridized carbons (Fsp3) is 0.556. The number of aromatic nitrogens is 2. The Hall–Kier alpha value is -1.12. The summed E-state index contributed by atoms with van der Waals surface area (Å²) >= 11 is 0. The van der Waals surface area contributed by atoms with Crippen molar-refractivity contribution in [1.82, 2.24) is 10.2 Å². The lowest BCUT2D eigenvalue weighted by atomic mass is 10.1. The zero-order valence-electron chi connectivity index (χ0n) is 7.04. The molecule has 3 rings (SSSR count). The Kier molecular flexibility index (Phi) is 1.05. The SMILES string of the molecule is CNc1cc2c(nn1)C1CC1C2. The first kappa shape index (κ1) is 6.40. The zero-order valence-corrected chi connectivity index (χ0v) is 7.04. The van der Waals surface area contributed by atoms with E-state index in [-0.39, 0.29) is 0 Å². The first-order valence-corrected chi connectivity index (χ1v) is 4.42. The summed E-state index contributed by atoms with van der Waals surface area (Å²) in [5, 5.41) is 11.3. The summed E-state index contributed by atoms with van der Waals surface area (Å²) in [4.78, 5) is 0. The van der Waals surface area contributed by atoms with E-state index in [1.165, 1.54) is 24.1 Å². The zero-order chi connectivity index (χ0) is 8.13. The lowest BCUT2D eigenvalue weighted by Gasteiger charge is -2.02. The van der Waals surface area contributed by atoms with Gasteiger partial charge in [-0.15, -0.1) is 5.10 Å². The number of nitrogens with one attached hydrogen (secondary N) is 1. The van der Waals surface area contributed by atoms with Gasteiger partial charge < -0.3 is 5.32 Å². The maximum Gasteiger partial charge on any atom is 0.148 e. The van der Waals surface area contributed by atoms with Crippen LogP contribution in [-0.2, 0) is 6.42 Å². The molecule has 1 aromatic rings. The molecule has 2 aliphatic rings. The summed E-state index contributed by atoms with van der Waals surface area (Å²) in [6.07, 6.45) is 2.57. The van der Waals surface area contributed by atoms with Gasteiger partial charge in [-0.05, 0) is 30.4 Å². The second kappa shape index (κ2) is 1.97. The van der Waals surface area contributed by atoms with Crippen LogP contribution in [0.15, 0.2) is 6.07 Å². The van der Waals surface area contributed by atoms with Gasteiger partial charge in [-0.25, -0.2) is 0 Å². The van der Waals surface area contributed by atoms with E-state index < -0.39 is 0 Å². The van der Waals surface area contributed by atoms with E-state index in [1.54, 1.807) is 0 Å². The molecule has 0 aromatic carbocycles. The smallest absolute Gasteiger partial charge is 0.148 e. The molecule has 1 saturated carbocycles. The quantitative estimate of drug-likeness (QED) is 0.672. The summed E-state index contributed by atoms with van der Waals surface area (Å²) in [7, 11) is 1.88. The van der Waals surface area contributed by atoms with Gasteiger partial charge in [-0.3, -0.25) is 0 Å². The van der Waals surface area contributed by atoms with Gasteiger partial charge in [-0.2, -0.15) is 5.10 Å². The summed E-state index contributed by atoms with van der Waals surface area (Å²) in [6, 6.07) is 2.13. The lowest BCUT2D eigenvalue weighted by molar-refractivity contribution is 0.856. The minimum Gasteiger partial charge on any atom is -0.372 e. The third-order valence-electron chi connectivity index (χ3n) is 2.92. The Morgan fingerprint density at radius 2 is 2.42 bits per heavy atom. The van der Waals surface area contributed by atoms with Gasteiger partial charge in [0.2, 0.25) is 0 Å². The van der Waals surface area contributed by atoms with Crippen LogP contribution < -0.4 is 5.32 Å². The molecule has 0 spiro atoms. The number of hydrogen-bond acceptors (Lipinski definition) is 3. The Labute approximate surface area is 71.2 Å². The molecule has 0 saturated heterocycles. The minimum atomic E-state index is 0.762. The third kappa shape index (κ3) is 0.709. The fourth-order valence-electron chi connectivity index (χ4n) is 2.13. The van der Waals surface area contributed by atoms with Crippen molar-refractivity contribution in [3.63, 3.8) is 0 Å². The maximum absolute atomic E-state index is 4.24. The number of nitrogens with zero attached hydrogens (tertiary/aromatic N) is 2. The first-order valence-electron chi connectivity index (χ1n) is 4.42. The standard InChI is InChI=1S/C9H11N3/c1-10-8-4-6-2-5-3-7(5)9(6)12-11-8/h4-5,7H,2-3H2,1H3,(H,10,11). The highest BCUT2D eigenvalue weighted by Gasteiger charge is 2.46. The average Bonchev–Trinajstić information content (AvgIpc) is 2.78. The molecule has 1 N–H and O–H groups in total. The van der Waals surface area contributed by atoms with E-state index in [1.807, 2.05) is 7.05 Å². The first-order chi connectivity index (χ1) is 5.88.